The zero-order valence-electron chi connectivity index (χ0n) is 10.7. The number of carbonyl (C=O) groups excluding carboxylic acids is 2. The third kappa shape index (κ3) is 2.41. The van der Waals surface area contributed by atoms with E-state index in [4.69, 9.17) is 15.4 Å². The Kier molecular flexibility index (Phi) is 4.09. The summed E-state index contributed by atoms with van der Waals surface area (Å²) in [7, 11) is 0. The lowest BCUT2D eigenvalue weighted by Gasteiger charge is -2.35. The van der Waals surface area contributed by atoms with Crippen molar-refractivity contribution in [3.63, 3.8) is 0 Å². The third-order valence-corrected chi connectivity index (χ3v) is 3.42. The summed E-state index contributed by atoms with van der Waals surface area (Å²) in [5, 5.41) is 24.6. The van der Waals surface area contributed by atoms with Gasteiger partial charge in [0, 0.05) is 11.5 Å². The Bertz CT molecular complexity index is 465. The lowest BCUT2D eigenvalue weighted by molar-refractivity contribution is -0.128. The van der Waals surface area contributed by atoms with Crippen molar-refractivity contribution in [3.05, 3.63) is 10.4 Å². The van der Waals surface area contributed by atoms with Gasteiger partial charge in [0.1, 0.15) is 18.4 Å². The zero-order valence-corrected chi connectivity index (χ0v) is 10.7. The van der Waals surface area contributed by atoms with Crippen molar-refractivity contribution in [3.8, 4) is 0 Å². The maximum absolute atomic E-state index is 11.8. The number of ether oxygens (including phenoxy) is 1. The molecule has 2 saturated heterocycles. The van der Waals surface area contributed by atoms with Crippen molar-refractivity contribution in [1.82, 2.24) is 10.2 Å². The molecule has 2 aliphatic rings. The minimum Gasteiger partial charge on any atom is -0.394 e. The van der Waals surface area contributed by atoms with Crippen LogP contribution in [0.5, 0.6) is 0 Å². The van der Waals surface area contributed by atoms with E-state index < -0.39 is 48.9 Å². The molecular weight excluding hydrogens is 270 g/mol. The molecule has 10 nitrogen and oxygen atoms in total. The smallest absolute Gasteiger partial charge is 0.326 e. The maximum atomic E-state index is 11.8. The van der Waals surface area contributed by atoms with Crippen LogP contribution in [0.4, 0.5) is 4.79 Å². The van der Waals surface area contributed by atoms with Crippen LogP contribution in [0, 0.1) is 5.92 Å². The van der Waals surface area contributed by atoms with E-state index in [1.165, 1.54) is 4.90 Å². The quantitative estimate of drug-likeness (QED) is 0.343. The minimum atomic E-state index is -1.22. The normalized spacial score (nSPS) is 37.5. The molecule has 0 radical (unpaired) electrons. The molecular formula is C10H15N5O5. The molecule has 0 bridgehead atoms. The van der Waals surface area contributed by atoms with Gasteiger partial charge in [0.25, 0.3) is 0 Å². The molecule has 3 N–H and O–H groups in total. The van der Waals surface area contributed by atoms with E-state index in [0.29, 0.717) is 0 Å². The average molecular weight is 285 g/mol. The Morgan fingerprint density at radius 1 is 1.60 bits per heavy atom. The van der Waals surface area contributed by atoms with Crippen LogP contribution in [0.15, 0.2) is 5.11 Å². The van der Waals surface area contributed by atoms with Gasteiger partial charge in [-0.1, -0.05) is 12.0 Å². The first-order chi connectivity index (χ1) is 9.49. The van der Waals surface area contributed by atoms with E-state index in [0.717, 1.165) is 0 Å². The number of hydrogen-bond donors (Lipinski definition) is 3. The second-order valence-corrected chi connectivity index (χ2v) is 4.78. The van der Waals surface area contributed by atoms with Crippen molar-refractivity contribution in [1.29, 1.82) is 0 Å². The van der Waals surface area contributed by atoms with Crippen molar-refractivity contribution < 1.29 is 24.5 Å². The van der Waals surface area contributed by atoms with Crippen LogP contribution >= 0.6 is 0 Å². The van der Waals surface area contributed by atoms with E-state index in [1.807, 2.05) is 0 Å². The molecule has 2 heterocycles. The number of rotatable bonds is 3. The Hall–Kier alpha value is -1.87. The van der Waals surface area contributed by atoms with Gasteiger partial charge < -0.3 is 14.9 Å². The molecule has 0 aromatic heterocycles. The minimum absolute atomic E-state index is 0.0810. The molecule has 110 valence electrons. The summed E-state index contributed by atoms with van der Waals surface area (Å²) in [5.74, 6) is -0.850. The number of carbonyl (C=O) groups is 2. The van der Waals surface area contributed by atoms with Gasteiger partial charge in [0.05, 0.1) is 18.6 Å². The third-order valence-electron chi connectivity index (χ3n) is 3.42. The highest BCUT2D eigenvalue weighted by Gasteiger charge is 2.48. The van der Waals surface area contributed by atoms with Crippen LogP contribution in [0.2, 0.25) is 0 Å². The lowest BCUT2D eigenvalue weighted by Crippen LogP contribution is -2.59. The highest BCUT2D eigenvalue weighted by Crippen LogP contribution is 2.28. The fourth-order valence-corrected chi connectivity index (χ4v) is 2.30. The summed E-state index contributed by atoms with van der Waals surface area (Å²) in [5.41, 5.74) is 8.54. The Balaban J connectivity index is 2.23. The van der Waals surface area contributed by atoms with Gasteiger partial charge in [-0.3, -0.25) is 15.0 Å². The molecule has 2 fully saturated rings. The number of nitrogens with one attached hydrogen (secondary N) is 1. The van der Waals surface area contributed by atoms with Crippen molar-refractivity contribution in [2.75, 3.05) is 13.2 Å². The summed E-state index contributed by atoms with van der Waals surface area (Å²) in [6.07, 6.45) is -3.19. The molecule has 0 aromatic carbocycles. The van der Waals surface area contributed by atoms with Crippen LogP contribution in [0.3, 0.4) is 0 Å². The van der Waals surface area contributed by atoms with E-state index in [-0.39, 0.29) is 6.54 Å². The topological polar surface area (TPSA) is 148 Å². The summed E-state index contributed by atoms with van der Waals surface area (Å²) in [6, 6.07) is -1.72. The number of urea groups is 1. The van der Waals surface area contributed by atoms with Crippen LogP contribution in [0.25, 0.3) is 10.4 Å². The largest absolute Gasteiger partial charge is 0.394 e. The molecule has 3 amide bonds. The highest BCUT2D eigenvalue weighted by molar-refractivity contribution is 5.97. The first-order valence-corrected chi connectivity index (χ1v) is 6.09. The first kappa shape index (κ1) is 14.5. The van der Waals surface area contributed by atoms with Crippen LogP contribution in [-0.4, -0.2) is 64.7 Å². The Morgan fingerprint density at radius 2 is 2.30 bits per heavy atom. The molecule has 20 heavy (non-hydrogen) atoms. The highest BCUT2D eigenvalue weighted by atomic mass is 16.5. The Morgan fingerprint density at radius 3 is 2.90 bits per heavy atom. The maximum Gasteiger partial charge on any atom is 0.326 e. The fraction of sp³-hybridized carbons (Fsp3) is 0.800. The lowest BCUT2D eigenvalue weighted by atomic mass is 10.1. The summed E-state index contributed by atoms with van der Waals surface area (Å²) in [6.45, 7) is 1.24. The molecule has 5 atom stereocenters. The molecule has 5 unspecified atom stereocenters. The first-order valence-electron chi connectivity index (χ1n) is 6.09. The standard InChI is InChI=1S/C10H15N5O5/c1-4-2-15(10(19)12-8(4)18)9-6(13-14-11)7(17)5(3-16)20-9/h4-7,9,16-17H,2-3H2,1H3,(H,12,18,19). The van der Waals surface area contributed by atoms with Gasteiger partial charge >= 0.3 is 6.03 Å². The van der Waals surface area contributed by atoms with Crippen LogP contribution in [0.1, 0.15) is 6.92 Å². The zero-order chi connectivity index (χ0) is 14.9. The number of hydrogen-bond acceptors (Lipinski definition) is 6. The number of azide groups is 1. The van der Waals surface area contributed by atoms with Crippen LogP contribution in [-0.2, 0) is 9.53 Å². The van der Waals surface area contributed by atoms with Gasteiger partial charge in [-0.25, -0.2) is 4.79 Å². The SMILES string of the molecule is CC1CN(C2OC(CO)C(O)C2N=[N+]=[N-])C(=O)NC1=O. The molecule has 0 aliphatic carbocycles. The van der Waals surface area contributed by atoms with Crippen molar-refractivity contribution in [2.45, 2.75) is 31.4 Å². The van der Waals surface area contributed by atoms with E-state index in [9.17, 15) is 14.7 Å². The monoisotopic (exact) mass is 285 g/mol. The molecule has 0 saturated carbocycles. The predicted octanol–water partition coefficient (Wildman–Crippen LogP) is -1.07. The van der Waals surface area contributed by atoms with E-state index >= 15 is 0 Å². The van der Waals surface area contributed by atoms with Gasteiger partial charge in [-0.05, 0) is 5.53 Å². The van der Waals surface area contributed by atoms with Gasteiger partial charge in [-0.2, -0.15) is 0 Å². The van der Waals surface area contributed by atoms with Gasteiger partial charge in [0.15, 0.2) is 0 Å². The van der Waals surface area contributed by atoms with Crippen molar-refractivity contribution in [2.24, 2.45) is 11.0 Å². The molecule has 10 heteroatoms. The molecule has 0 aromatic rings. The second kappa shape index (κ2) is 5.63. The van der Waals surface area contributed by atoms with Crippen LogP contribution < -0.4 is 5.32 Å². The molecule has 2 rings (SSSR count). The van der Waals surface area contributed by atoms with Gasteiger partial charge in [-0.15, -0.1) is 0 Å². The van der Waals surface area contributed by atoms with E-state index in [1.54, 1.807) is 6.92 Å². The second-order valence-electron chi connectivity index (χ2n) is 4.78. The number of aliphatic hydroxyl groups is 2. The van der Waals surface area contributed by atoms with Gasteiger partial charge in [0.2, 0.25) is 5.91 Å². The summed E-state index contributed by atoms with van der Waals surface area (Å²) in [4.78, 5) is 27.0. The molecule has 2 aliphatic heterocycles. The number of aliphatic hydroxyl groups excluding tert-OH is 2. The summed E-state index contributed by atoms with van der Waals surface area (Å²) >= 11 is 0. The average Bonchev–Trinajstić information content (AvgIpc) is 2.72. The number of nitrogens with zero attached hydrogens (tertiary/aromatic N) is 4. The number of imide groups is 1. The van der Waals surface area contributed by atoms with E-state index in [2.05, 4.69) is 15.3 Å². The molecule has 0 spiro atoms. The summed E-state index contributed by atoms with van der Waals surface area (Å²) < 4.78 is 5.37. The fourth-order valence-electron chi connectivity index (χ4n) is 2.30. The number of amides is 3. The predicted molar refractivity (Wildman–Crippen MR) is 64.1 cm³/mol. The Labute approximate surface area is 113 Å². The van der Waals surface area contributed by atoms with Crippen molar-refractivity contribution >= 4 is 11.9 Å².